The first-order chi connectivity index (χ1) is 17.6. The maximum absolute atomic E-state index is 13.5. The second-order valence-electron chi connectivity index (χ2n) is 10.8. The van der Waals surface area contributed by atoms with Crippen LogP contribution in [0.1, 0.15) is 65.0 Å². The van der Waals surface area contributed by atoms with E-state index in [9.17, 15) is 14.7 Å². The summed E-state index contributed by atoms with van der Waals surface area (Å²) in [5.74, 6) is -0.285. The highest BCUT2D eigenvalue weighted by molar-refractivity contribution is 5.80. The van der Waals surface area contributed by atoms with Gasteiger partial charge in [-0.2, -0.15) is 0 Å². The topological polar surface area (TPSA) is 91.3 Å². The van der Waals surface area contributed by atoms with Gasteiger partial charge in [-0.3, -0.25) is 9.59 Å². The van der Waals surface area contributed by atoms with Crippen LogP contribution in [0.4, 0.5) is 0 Å². The zero-order chi connectivity index (χ0) is 27.7. The molecule has 0 aliphatic carbocycles. The molecular weight excluding hydrogens is 470 g/mol. The van der Waals surface area contributed by atoms with Gasteiger partial charge in [-0.25, -0.2) is 0 Å². The van der Waals surface area contributed by atoms with Gasteiger partial charge in [-0.1, -0.05) is 57.5 Å². The number of nitrogens with one attached hydrogen (secondary N) is 1. The van der Waals surface area contributed by atoms with Crippen LogP contribution >= 0.6 is 0 Å². The summed E-state index contributed by atoms with van der Waals surface area (Å²) in [6.45, 7) is 8.61. The molecule has 8 nitrogen and oxygen atoms in total. The number of aliphatic hydroxyl groups is 1. The van der Waals surface area contributed by atoms with Crippen LogP contribution in [-0.4, -0.2) is 91.9 Å². The molecule has 1 aromatic carbocycles. The van der Waals surface area contributed by atoms with Crippen molar-refractivity contribution in [3.8, 4) is 0 Å². The zero-order valence-corrected chi connectivity index (χ0v) is 24.0. The number of aliphatic hydroxyl groups excluding tert-OH is 1. The molecule has 8 heteroatoms. The van der Waals surface area contributed by atoms with Crippen molar-refractivity contribution in [1.29, 1.82) is 0 Å². The van der Waals surface area contributed by atoms with E-state index >= 15 is 0 Å². The molecule has 2 rings (SSSR count). The molecule has 8 atom stereocenters. The van der Waals surface area contributed by atoms with Crippen molar-refractivity contribution in [2.24, 2.45) is 11.8 Å². The van der Waals surface area contributed by atoms with E-state index in [0.717, 1.165) is 24.8 Å². The third-order valence-electron chi connectivity index (χ3n) is 8.04. The maximum atomic E-state index is 13.5. The van der Waals surface area contributed by atoms with E-state index in [1.54, 1.807) is 21.1 Å². The molecule has 1 fully saturated rings. The van der Waals surface area contributed by atoms with Crippen molar-refractivity contribution in [2.45, 2.75) is 89.8 Å². The normalized spacial score (nSPS) is 21.7. The van der Waals surface area contributed by atoms with Crippen LogP contribution in [-0.2, 0) is 19.1 Å². The Hall–Kier alpha value is -2.00. The highest BCUT2D eigenvalue weighted by Crippen LogP contribution is 2.29. The Balaban J connectivity index is 2.09. The predicted octanol–water partition coefficient (Wildman–Crippen LogP) is 3.25. The molecule has 0 radical (unpaired) electrons. The second-order valence-corrected chi connectivity index (χ2v) is 10.8. The number of rotatable bonds is 14. The molecule has 1 aromatic rings. The first kappa shape index (κ1) is 31.2. The lowest BCUT2D eigenvalue weighted by atomic mass is 9.90. The van der Waals surface area contributed by atoms with Gasteiger partial charge in [-0.15, -0.1) is 0 Å². The molecule has 1 aliphatic heterocycles. The number of carbonyl (C=O) groups excluding carboxylic acids is 2. The quantitative estimate of drug-likeness (QED) is 0.392. The summed E-state index contributed by atoms with van der Waals surface area (Å²) in [5.41, 5.74) is 0.750. The Kier molecular flexibility index (Phi) is 12.5. The van der Waals surface area contributed by atoms with E-state index < -0.39 is 24.2 Å². The van der Waals surface area contributed by atoms with E-state index in [-0.39, 0.29) is 36.4 Å². The summed E-state index contributed by atoms with van der Waals surface area (Å²) in [7, 11) is 7.33. The zero-order valence-electron chi connectivity index (χ0n) is 24.0. The van der Waals surface area contributed by atoms with Crippen LogP contribution in [0.2, 0.25) is 0 Å². The number of ether oxygens (including phenoxy) is 2. The molecule has 210 valence electrons. The molecule has 2 N–H and O–H groups in total. The highest BCUT2D eigenvalue weighted by atomic mass is 16.5. The van der Waals surface area contributed by atoms with E-state index in [0.29, 0.717) is 12.5 Å². The number of hydrogen-bond donors (Lipinski definition) is 2. The summed E-state index contributed by atoms with van der Waals surface area (Å²) in [5, 5.41) is 13.6. The summed E-state index contributed by atoms with van der Waals surface area (Å²) in [6.07, 6.45) is 1.45. The summed E-state index contributed by atoms with van der Waals surface area (Å²) >= 11 is 0. The van der Waals surface area contributed by atoms with Gasteiger partial charge in [-0.05, 0) is 45.3 Å². The summed E-state index contributed by atoms with van der Waals surface area (Å²) in [6, 6.07) is 8.76. The minimum Gasteiger partial charge on any atom is -0.386 e. The lowest BCUT2D eigenvalue weighted by Crippen LogP contribution is -2.52. The molecule has 2 amide bonds. The van der Waals surface area contributed by atoms with E-state index in [1.807, 2.05) is 56.3 Å². The van der Waals surface area contributed by atoms with Crippen molar-refractivity contribution in [3.05, 3.63) is 35.9 Å². The molecule has 1 heterocycles. The lowest BCUT2D eigenvalue weighted by molar-refractivity contribution is -0.143. The minimum absolute atomic E-state index is 0.0343. The van der Waals surface area contributed by atoms with Crippen LogP contribution in [0.15, 0.2) is 30.3 Å². The van der Waals surface area contributed by atoms with Crippen LogP contribution in [0, 0.1) is 11.8 Å². The number of hydrogen-bond acceptors (Lipinski definition) is 6. The van der Waals surface area contributed by atoms with Crippen molar-refractivity contribution in [1.82, 2.24) is 15.1 Å². The SMILES string of the molecule is CCC(C)[C@@H](C(CC(=O)N1CCC[C@H]1[C@H](OC)[C@@H](C)C(=O)N[C@H](C)C(O)c1ccccc1)OC)N(C)C. The monoisotopic (exact) mass is 519 g/mol. The number of carbonyl (C=O) groups is 2. The number of methoxy groups -OCH3 is 2. The Morgan fingerprint density at radius 2 is 1.78 bits per heavy atom. The van der Waals surface area contributed by atoms with Gasteiger partial charge >= 0.3 is 0 Å². The van der Waals surface area contributed by atoms with Crippen molar-refractivity contribution < 1.29 is 24.2 Å². The average Bonchev–Trinajstić information content (AvgIpc) is 3.37. The smallest absolute Gasteiger partial charge is 0.225 e. The maximum Gasteiger partial charge on any atom is 0.225 e. The van der Waals surface area contributed by atoms with Gasteiger partial charge in [0.1, 0.15) is 0 Å². The largest absolute Gasteiger partial charge is 0.386 e. The van der Waals surface area contributed by atoms with Gasteiger partial charge in [0.2, 0.25) is 11.8 Å². The fourth-order valence-electron chi connectivity index (χ4n) is 5.74. The van der Waals surface area contributed by atoms with Crippen LogP contribution in [0.3, 0.4) is 0 Å². The molecule has 0 saturated carbocycles. The van der Waals surface area contributed by atoms with E-state index in [4.69, 9.17) is 9.47 Å². The molecule has 0 bridgehead atoms. The molecule has 37 heavy (non-hydrogen) atoms. The number of likely N-dealkylation sites (tertiary alicyclic amines) is 1. The van der Waals surface area contributed by atoms with E-state index in [1.165, 1.54) is 0 Å². The molecule has 3 unspecified atom stereocenters. The highest BCUT2D eigenvalue weighted by Gasteiger charge is 2.41. The predicted molar refractivity (Wildman–Crippen MR) is 146 cm³/mol. The Morgan fingerprint density at radius 3 is 2.32 bits per heavy atom. The first-order valence-corrected chi connectivity index (χ1v) is 13.6. The molecule has 1 saturated heterocycles. The average molecular weight is 520 g/mol. The van der Waals surface area contributed by atoms with Crippen LogP contribution in [0.25, 0.3) is 0 Å². The number of amides is 2. The molecule has 0 aromatic heterocycles. The van der Waals surface area contributed by atoms with Crippen LogP contribution in [0.5, 0.6) is 0 Å². The summed E-state index contributed by atoms with van der Waals surface area (Å²) < 4.78 is 11.7. The third kappa shape index (κ3) is 7.99. The fraction of sp³-hybridized carbons (Fsp3) is 0.724. The van der Waals surface area contributed by atoms with Gasteiger partial charge < -0.3 is 29.7 Å². The Bertz CT molecular complexity index is 836. The van der Waals surface area contributed by atoms with Crippen LogP contribution < -0.4 is 5.32 Å². The Morgan fingerprint density at radius 1 is 1.14 bits per heavy atom. The fourth-order valence-corrected chi connectivity index (χ4v) is 5.74. The Labute approximate surface area is 223 Å². The van der Waals surface area contributed by atoms with Gasteiger partial charge in [0.25, 0.3) is 0 Å². The van der Waals surface area contributed by atoms with Gasteiger partial charge in [0, 0.05) is 26.8 Å². The number of benzene rings is 1. The third-order valence-corrected chi connectivity index (χ3v) is 8.04. The molecular formula is C29H49N3O5. The summed E-state index contributed by atoms with van der Waals surface area (Å²) in [4.78, 5) is 30.8. The van der Waals surface area contributed by atoms with Gasteiger partial charge in [0.15, 0.2) is 0 Å². The minimum atomic E-state index is -0.816. The second kappa shape index (κ2) is 14.8. The van der Waals surface area contributed by atoms with E-state index in [2.05, 4.69) is 24.1 Å². The molecule has 0 spiro atoms. The number of likely N-dealkylation sites (N-methyl/N-ethyl adjacent to an activating group) is 1. The van der Waals surface area contributed by atoms with Gasteiger partial charge in [0.05, 0.1) is 42.7 Å². The lowest BCUT2D eigenvalue weighted by Gasteiger charge is -2.38. The first-order valence-electron chi connectivity index (χ1n) is 13.6. The van der Waals surface area contributed by atoms with Crippen molar-refractivity contribution in [3.63, 3.8) is 0 Å². The standard InChI is InChI=1S/C29H49N3O5/c1-9-19(2)26(31(5)6)24(36-7)18-25(33)32-17-13-16-23(32)28(37-8)20(3)29(35)30-21(4)27(34)22-14-11-10-12-15-22/h10-12,14-15,19-21,23-24,26-28,34H,9,13,16-18H2,1-8H3,(H,30,35)/t19?,20-,21-,23+,24?,26+,27?,28-/m1/s1. The number of nitrogens with zero attached hydrogens (tertiary/aromatic N) is 2. The van der Waals surface area contributed by atoms with Crippen molar-refractivity contribution >= 4 is 11.8 Å². The van der Waals surface area contributed by atoms with Crippen molar-refractivity contribution in [2.75, 3.05) is 34.9 Å². The molecule has 1 aliphatic rings.